The summed E-state index contributed by atoms with van der Waals surface area (Å²) in [6, 6.07) is 8.74. The van der Waals surface area contributed by atoms with Gasteiger partial charge in [0.05, 0.1) is 23.2 Å². The minimum absolute atomic E-state index is 0.0505. The van der Waals surface area contributed by atoms with E-state index in [0.29, 0.717) is 12.1 Å². The number of nitrogens with one attached hydrogen (secondary N) is 1. The highest BCUT2D eigenvalue weighted by atomic mass is 16.6. The Morgan fingerprint density at radius 1 is 1.26 bits per heavy atom. The van der Waals surface area contributed by atoms with Gasteiger partial charge in [-0.3, -0.25) is 24.3 Å². The van der Waals surface area contributed by atoms with Gasteiger partial charge in [0, 0.05) is 18.3 Å². The molecule has 3 rings (SSSR count). The van der Waals surface area contributed by atoms with Crippen LogP contribution < -0.4 is 5.32 Å². The second-order valence-electron chi connectivity index (χ2n) is 6.14. The summed E-state index contributed by atoms with van der Waals surface area (Å²) in [5, 5.41) is 22.0. The number of nitrogens with zero attached hydrogens (tertiary/aromatic N) is 5. The van der Waals surface area contributed by atoms with Crippen LogP contribution in [0.5, 0.6) is 0 Å². The highest BCUT2D eigenvalue weighted by Crippen LogP contribution is 2.13. The molecule has 0 fully saturated rings. The van der Waals surface area contributed by atoms with Gasteiger partial charge in [0.15, 0.2) is 0 Å². The maximum Gasteiger partial charge on any atom is 0.307 e. The van der Waals surface area contributed by atoms with Crippen molar-refractivity contribution in [2.45, 2.75) is 33.0 Å². The van der Waals surface area contributed by atoms with Crippen LogP contribution in [0.4, 0.5) is 5.69 Å². The number of hydrogen-bond donors (Lipinski definition) is 1. The molecule has 0 saturated carbocycles. The molecule has 0 aliphatic heterocycles. The predicted octanol–water partition coefficient (Wildman–Crippen LogP) is 2.55. The van der Waals surface area contributed by atoms with Crippen LogP contribution in [-0.2, 0) is 13.1 Å². The van der Waals surface area contributed by atoms with Gasteiger partial charge in [-0.15, -0.1) is 0 Å². The van der Waals surface area contributed by atoms with E-state index in [1.54, 1.807) is 24.3 Å². The summed E-state index contributed by atoms with van der Waals surface area (Å²) in [6.07, 6.45) is 4.47. The van der Waals surface area contributed by atoms with E-state index in [4.69, 9.17) is 0 Å². The summed E-state index contributed by atoms with van der Waals surface area (Å²) in [4.78, 5) is 22.6. The van der Waals surface area contributed by atoms with Crippen LogP contribution in [0.25, 0.3) is 0 Å². The number of rotatable bonds is 7. The van der Waals surface area contributed by atoms with Crippen molar-refractivity contribution in [2.75, 3.05) is 0 Å². The fourth-order valence-electron chi connectivity index (χ4n) is 2.62. The first-order valence-electron chi connectivity index (χ1n) is 8.56. The van der Waals surface area contributed by atoms with E-state index in [2.05, 4.69) is 15.5 Å². The molecule has 0 bridgehead atoms. The van der Waals surface area contributed by atoms with Crippen LogP contribution in [0.15, 0.2) is 48.9 Å². The standard InChI is InChI=1S/C18H20N6O3/c1-3-22-9-8-17(21-22)13(2)20-18(25)15-6-4-14(5-7-15)11-23-12-16(10-19-23)24(26)27/h4-10,12-13H,3,11H2,1-2H3,(H,20,25). The van der Waals surface area contributed by atoms with Crippen molar-refractivity contribution in [3.63, 3.8) is 0 Å². The monoisotopic (exact) mass is 368 g/mol. The Morgan fingerprint density at radius 3 is 2.59 bits per heavy atom. The normalized spacial score (nSPS) is 11.9. The second kappa shape index (κ2) is 7.81. The van der Waals surface area contributed by atoms with Crippen LogP contribution in [0, 0.1) is 10.1 Å². The fourth-order valence-corrected chi connectivity index (χ4v) is 2.62. The first-order chi connectivity index (χ1) is 13.0. The molecule has 2 aromatic heterocycles. The molecule has 0 saturated heterocycles. The molecule has 27 heavy (non-hydrogen) atoms. The Labute approximate surface area is 155 Å². The molecule has 1 unspecified atom stereocenters. The van der Waals surface area contributed by atoms with E-state index in [1.165, 1.54) is 17.1 Å². The average Bonchev–Trinajstić information content (AvgIpc) is 3.31. The van der Waals surface area contributed by atoms with Crippen molar-refractivity contribution in [1.29, 1.82) is 0 Å². The van der Waals surface area contributed by atoms with Gasteiger partial charge in [-0.1, -0.05) is 12.1 Å². The number of benzene rings is 1. The van der Waals surface area contributed by atoms with Crippen LogP contribution in [0.3, 0.4) is 0 Å². The van der Waals surface area contributed by atoms with Crippen LogP contribution in [0.1, 0.15) is 41.5 Å². The predicted molar refractivity (Wildman–Crippen MR) is 98.2 cm³/mol. The maximum absolute atomic E-state index is 12.4. The third-order valence-electron chi connectivity index (χ3n) is 4.17. The molecule has 9 heteroatoms. The van der Waals surface area contributed by atoms with E-state index >= 15 is 0 Å². The summed E-state index contributed by atoms with van der Waals surface area (Å²) >= 11 is 0. The molecular weight excluding hydrogens is 348 g/mol. The lowest BCUT2D eigenvalue weighted by Gasteiger charge is -2.12. The maximum atomic E-state index is 12.4. The smallest absolute Gasteiger partial charge is 0.307 e. The largest absolute Gasteiger partial charge is 0.344 e. The van der Waals surface area contributed by atoms with Crippen LogP contribution in [-0.4, -0.2) is 30.4 Å². The molecule has 140 valence electrons. The molecule has 1 atom stereocenters. The highest BCUT2D eigenvalue weighted by Gasteiger charge is 2.14. The van der Waals surface area contributed by atoms with Gasteiger partial charge in [0.1, 0.15) is 12.4 Å². The quantitative estimate of drug-likeness (QED) is 0.509. The lowest BCUT2D eigenvalue weighted by atomic mass is 10.1. The highest BCUT2D eigenvalue weighted by molar-refractivity contribution is 5.94. The Bertz CT molecular complexity index is 944. The van der Waals surface area contributed by atoms with Crippen molar-refractivity contribution in [1.82, 2.24) is 24.9 Å². The number of carbonyl (C=O) groups excluding carboxylic acids is 1. The second-order valence-corrected chi connectivity index (χ2v) is 6.14. The van der Waals surface area contributed by atoms with Crippen molar-refractivity contribution in [2.24, 2.45) is 0 Å². The van der Waals surface area contributed by atoms with Crippen molar-refractivity contribution in [3.8, 4) is 0 Å². The van der Waals surface area contributed by atoms with Gasteiger partial charge in [-0.2, -0.15) is 10.2 Å². The van der Waals surface area contributed by atoms with E-state index < -0.39 is 4.92 Å². The number of carbonyl (C=O) groups is 1. The minimum Gasteiger partial charge on any atom is -0.344 e. The third kappa shape index (κ3) is 4.38. The van der Waals surface area contributed by atoms with Gasteiger partial charge >= 0.3 is 5.69 Å². The van der Waals surface area contributed by atoms with Crippen LogP contribution >= 0.6 is 0 Å². The SMILES string of the molecule is CCn1ccc(C(C)NC(=O)c2ccc(Cn3cc([N+](=O)[O-])cn3)cc2)n1. The zero-order valence-corrected chi connectivity index (χ0v) is 15.1. The Kier molecular flexibility index (Phi) is 5.30. The van der Waals surface area contributed by atoms with E-state index in [-0.39, 0.29) is 17.6 Å². The molecule has 1 aromatic carbocycles. The zero-order valence-electron chi connectivity index (χ0n) is 15.1. The van der Waals surface area contributed by atoms with Gasteiger partial charge < -0.3 is 5.32 Å². The third-order valence-corrected chi connectivity index (χ3v) is 4.17. The minimum atomic E-state index is -0.484. The lowest BCUT2D eigenvalue weighted by Crippen LogP contribution is -2.27. The number of aryl methyl sites for hydroxylation is 1. The van der Waals surface area contributed by atoms with Gasteiger partial charge in [0.25, 0.3) is 5.91 Å². The summed E-state index contributed by atoms with van der Waals surface area (Å²) in [7, 11) is 0. The molecule has 0 aliphatic rings. The summed E-state index contributed by atoms with van der Waals surface area (Å²) < 4.78 is 3.30. The van der Waals surface area contributed by atoms with Crippen LogP contribution in [0.2, 0.25) is 0 Å². The molecule has 3 aromatic rings. The first-order valence-corrected chi connectivity index (χ1v) is 8.56. The number of aromatic nitrogens is 4. The number of amides is 1. The van der Waals surface area contributed by atoms with Gasteiger partial charge in [-0.25, -0.2) is 0 Å². The van der Waals surface area contributed by atoms with Crippen molar-refractivity contribution >= 4 is 11.6 Å². The molecule has 0 aliphatic carbocycles. The zero-order chi connectivity index (χ0) is 19.4. The lowest BCUT2D eigenvalue weighted by molar-refractivity contribution is -0.385. The summed E-state index contributed by atoms with van der Waals surface area (Å²) in [6.45, 7) is 5.06. The molecular formula is C18H20N6O3. The Morgan fingerprint density at radius 2 is 2.00 bits per heavy atom. The fraction of sp³-hybridized carbons (Fsp3) is 0.278. The summed E-state index contributed by atoms with van der Waals surface area (Å²) in [5.41, 5.74) is 2.18. The van der Waals surface area contributed by atoms with E-state index in [1.807, 2.05) is 30.8 Å². The number of nitro groups is 1. The topological polar surface area (TPSA) is 108 Å². The van der Waals surface area contributed by atoms with E-state index in [0.717, 1.165) is 17.8 Å². The molecule has 9 nitrogen and oxygen atoms in total. The number of hydrogen-bond acceptors (Lipinski definition) is 5. The molecule has 0 radical (unpaired) electrons. The molecule has 2 heterocycles. The molecule has 0 spiro atoms. The average molecular weight is 368 g/mol. The summed E-state index contributed by atoms with van der Waals surface area (Å²) in [5.74, 6) is -0.185. The van der Waals surface area contributed by atoms with Crippen molar-refractivity contribution < 1.29 is 9.72 Å². The first kappa shape index (κ1) is 18.3. The molecule has 1 amide bonds. The van der Waals surface area contributed by atoms with Gasteiger partial charge in [-0.05, 0) is 37.6 Å². The van der Waals surface area contributed by atoms with E-state index in [9.17, 15) is 14.9 Å². The Balaban J connectivity index is 1.61. The van der Waals surface area contributed by atoms with Gasteiger partial charge in [0.2, 0.25) is 0 Å². The van der Waals surface area contributed by atoms with Crippen molar-refractivity contribution in [3.05, 3.63) is 75.9 Å². The molecule has 1 N–H and O–H groups in total. The Hall–Kier alpha value is -3.49.